The fourth-order valence-corrected chi connectivity index (χ4v) is 3.06. The Kier molecular flexibility index (Phi) is 6.89. The predicted molar refractivity (Wildman–Crippen MR) is 98.9 cm³/mol. The van der Waals surface area contributed by atoms with Crippen LogP contribution in [0.15, 0.2) is 27.7 Å². The summed E-state index contributed by atoms with van der Waals surface area (Å²) in [5, 5.41) is 9.56. The van der Waals surface area contributed by atoms with Gasteiger partial charge in [-0.05, 0) is 37.5 Å². The largest absolute Gasteiger partial charge is 0.356 e. The predicted octanol–water partition coefficient (Wildman–Crippen LogP) is 3.19. The molecule has 0 aliphatic heterocycles. The second-order valence-electron chi connectivity index (χ2n) is 5.88. The molecule has 0 aromatic heterocycles. The van der Waals surface area contributed by atoms with Crippen LogP contribution in [0.2, 0.25) is 0 Å². The lowest BCUT2D eigenvalue weighted by Gasteiger charge is -2.16. The van der Waals surface area contributed by atoms with Gasteiger partial charge in [-0.15, -0.1) is 0 Å². The highest BCUT2D eigenvalue weighted by Gasteiger charge is 2.15. The maximum Gasteiger partial charge on any atom is 0.226 e. The minimum Gasteiger partial charge on any atom is -0.356 e. The molecule has 0 unspecified atom stereocenters. The van der Waals surface area contributed by atoms with Crippen LogP contribution in [-0.2, 0) is 4.79 Å². The molecule has 1 aromatic carbocycles. The number of anilines is 1. The number of carbonyl (C=O) groups excluding carboxylic acids is 1. The fraction of sp³-hybridized carbons (Fsp3) is 0.529. The minimum atomic E-state index is -0.00461. The van der Waals surface area contributed by atoms with Crippen molar-refractivity contribution in [2.24, 2.45) is 4.99 Å². The number of hydrogen-bond acceptors (Lipinski definition) is 2. The summed E-state index contributed by atoms with van der Waals surface area (Å²) >= 11 is 3.42. The Bertz CT molecular complexity index is 568. The van der Waals surface area contributed by atoms with E-state index in [2.05, 4.69) is 36.9 Å². The van der Waals surface area contributed by atoms with Gasteiger partial charge in [-0.25, -0.2) is 0 Å². The van der Waals surface area contributed by atoms with Crippen molar-refractivity contribution in [1.82, 2.24) is 10.6 Å². The maximum atomic E-state index is 12.1. The number of benzene rings is 1. The number of nitrogens with zero attached hydrogens (tertiary/aromatic N) is 1. The van der Waals surface area contributed by atoms with Gasteiger partial charge in [0.2, 0.25) is 5.91 Å². The number of rotatable bonds is 5. The minimum absolute atomic E-state index is 0.00461. The highest BCUT2D eigenvalue weighted by Crippen LogP contribution is 2.20. The second kappa shape index (κ2) is 8.91. The average Bonchev–Trinajstić information content (AvgIpc) is 3.03. The molecule has 1 fully saturated rings. The summed E-state index contributed by atoms with van der Waals surface area (Å²) in [5.74, 6) is 0.776. The smallest absolute Gasteiger partial charge is 0.226 e. The summed E-state index contributed by atoms with van der Waals surface area (Å²) in [6.07, 6.45) is 5.36. The Hall–Kier alpha value is -1.56. The number of guanidine groups is 1. The zero-order valence-electron chi connectivity index (χ0n) is 13.8. The molecule has 126 valence electrons. The van der Waals surface area contributed by atoms with Crippen LogP contribution < -0.4 is 16.0 Å². The van der Waals surface area contributed by atoms with Gasteiger partial charge in [-0.2, -0.15) is 0 Å². The molecule has 0 atom stereocenters. The van der Waals surface area contributed by atoms with E-state index in [0.29, 0.717) is 19.0 Å². The Morgan fingerprint density at radius 1 is 1.35 bits per heavy atom. The third-order valence-corrected chi connectivity index (χ3v) is 4.53. The molecule has 0 saturated heterocycles. The fourth-order valence-electron chi connectivity index (χ4n) is 2.69. The van der Waals surface area contributed by atoms with Crippen molar-refractivity contribution in [2.75, 3.05) is 18.9 Å². The number of aryl methyl sites for hydroxylation is 1. The first kappa shape index (κ1) is 17.8. The summed E-state index contributed by atoms with van der Waals surface area (Å²) in [6.45, 7) is 2.54. The lowest BCUT2D eigenvalue weighted by atomic mass is 10.2. The Labute approximate surface area is 146 Å². The number of amides is 1. The van der Waals surface area contributed by atoms with Crippen molar-refractivity contribution in [3.8, 4) is 0 Å². The van der Waals surface area contributed by atoms with E-state index in [-0.39, 0.29) is 5.91 Å². The van der Waals surface area contributed by atoms with E-state index in [9.17, 15) is 4.79 Å². The molecule has 6 heteroatoms. The second-order valence-corrected chi connectivity index (χ2v) is 6.80. The lowest BCUT2D eigenvalue weighted by molar-refractivity contribution is -0.116. The third-order valence-electron chi connectivity index (χ3n) is 4.04. The molecule has 0 bridgehead atoms. The highest BCUT2D eigenvalue weighted by atomic mass is 79.9. The van der Waals surface area contributed by atoms with Crippen LogP contribution in [0.4, 0.5) is 5.69 Å². The molecule has 3 N–H and O–H groups in total. The van der Waals surface area contributed by atoms with Gasteiger partial charge in [-0.1, -0.05) is 34.8 Å². The number of carbonyl (C=O) groups is 1. The van der Waals surface area contributed by atoms with Gasteiger partial charge in [-0.3, -0.25) is 9.79 Å². The van der Waals surface area contributed by atoms with E-state index in [0.717, 1.165) is 21.7 Å². The van der Waals surface area contributed by atoms with E-state index in [4.69, 9.17) is 0 Å². The quantitative estimate of drug-likeness (QED) is 0.542. The molecule has 23 heavy (non-hydrogen) atoms. The first-order valence-electron chi connectivity index (χ1n) is 8.11. The SMILES string of the molecule is CN=C(NCCC(=O)Nc1cc(Br)ccc1C)NC1CCCC1. The molecule has 0 radical (unpaired) electrons. The molecule has 1 aliphatic carbocycles. The maximum absolute atomic E-state index is 12.1. The Morgan fingerprint density at radius 3 is 2.78 bits per heavy atom. The summed E-state index contributed by atoms with van der Waals surface area (Å²) in [6, 6.07) is 6.37. The highest BCUT2D eigenvalue weighted by molar-refractivity contribution is 9.10. The molecule has 5 nitrogen and oxygen atoms in total. The number of hydrogen-bond donors (Lipinski definition) is 3. The Balaban J connectivity index is 1.74. The van der Waals surface area contributed by atoms with Gasteiger partial charge in [0.05, 0.1) is 0 Å². The van der Waals surface area contributed by atoms with E-state index in [1.165, 1.54) is 25.7 Å². The normalized spacial score (nSPS) is 15.5. The lowest BCUT2D eigenvalue weighted by Crippen LogP contribution is -2.43. The van der Waals surface area contributed by atoms with Crippen LogP contribution in [0.5, 0.6) is 0 Å². The van der Waals surface area contributed by atoms with Crippen LogP contribution in [0, 0.1) is 6.92 Å². The summed E-state index contributed by atoms with van der Waals surface area (Å²) in [5.41, 5.74) is 1.89. The zero-order valence-corrected chi connectivity index (χ0v) is 15.4. The number of nitrogens with one attached hydrogen (secondary N) is 3. The summed E-state index contributed by atoms with van der Waals surface area (Å²) < 4.78 is 0.956. The standard InChI is InChI=1S/C17H25BrN4O/c1-12-7-8-13(18)11-15(12)22-16(23)9-10-20-17(19-2)21-14-5-3-4-6-14/h7-8,11,14H,3-6,9-10H2,1-2H3,(H,22,23)(H2,19,20,21). The first-order chi connectivity index (χ1) is 11.1. The van der Waals surface area contributed by atoms with Crippen LogP contribution in [-0.4, -0.2) is 31.5 Å². The van der Waals surface area contributed by atoms with Gasteiger partial charge in [0.15, 0.2) is 5.96 Å². The third kappa shape index (κ3) is 5.86. The van der Waals surface area contributed by atoms with Gasteiger partial charge in [0.25, 0.3) is 0 Å². The number of halogens is 1. The topological polar surface area (TPSA) is 65.5 Å². The first-order valence-corrected chi connectivity index (χ1v) is 8.91. The van der Waals surface area contributed by atoms with Gasteiger partial charge >= 0.3 is 0 Å². The van der Waals surface area contributed by atoms with Crippen LogP contribution in [0.25, 0.3) is 0 Å². The van der Waals surface area contributed by atoms with E-state index in [1.54, 1.807) is 7.05 Å². The van der Waals surface area contributed by atoms with Crippen molar-refractivity contribution in [2.45, 2.75) is 45.1 Å². The van der Waals surface area contributed by atoms with Crippen LogP contribution in [0.1, 0.15) is 37.7 Å². The molecular weight excluding hydrogens is 356 g/mol. The van der Waals surface area contributed by atoms with Crippen LogP contribution >= 0.6 is 15.9 Å². The van der Waals surface area contributed by atoms with Gasteiger partial charge in [0, 0.05) is 36.2 Å². The molecule has 1 aliphatic rings. The van der Waals surface area contributed by atoms with E-state index in [1.807, 2.05) is 25.1 Å². The number of aliphatic imine (C=N–C) groups is 1. The molecule has 0 heterocycles. The monoisotopic (exact) mass is 380 g/mol. The van der Waals surface area contributed by atoms with Crippen molar-refractivity contribution in [1.29, 1.82) is 0 Å². The summed E-state index contributed by atoms with van der Waals surface area (Å²) in [4.78, 5) is 16.3. The molecular formula is C17H25BrN4O. The molecule has 1 saturated carbocycles. The van der Waals surface area contributed by atoms with Crippen molar-refractivity contribution in [3.05, 3.63) is 28.2 Å². The van der Waals surface area contributed by atoms with Crippen molar-refractivity contribution in [3.63, 3.8) is 0 Å². The van der Waals surface area contributed by atoms with Gasteiger partial charge < -0.3 is 16.0 Å². The average molecular weight is 381 g/mol. The zero-order chi connectivity index (χ0) is 16.7. The van der Waals surface area contributed by atoms with Crippen molar-refractivity contribution >= 4 is 33.5 Å². The molecule has 0 spiro atoms. The molecule has 1 aromatic rings. The van der Waals surface area contributed by atoms with E-state index < -0.39 is 0 Å². The Morgan fingerprint density at radius 2 is 2.09 bits per heavy atom. The van der Waals surface area contributed by atoms with E-state index >= 15 is 0 Å². The van der Waals surface area contributed by atoms with Gasteiger partial charge in [0.1, 0.15) is 0 Å². The molecule has 2 rings (SSSR count). The van der Waals surface area contributed by atoms with Crippen LogP contribution in [0.3, 0.4) is 0 Å². The van der Waals surface area contributed by atoms with Crippen molar-refractivity contribution < 1.29 is 4.79 Å². The summed E-state index contributed by atoms with van der Waals surface area (Å²) in [7, 11) is 1.76. The molecule has 1 amide bonds.